The highest BCUT2D eigenvalue weighted by molar-refractivity contribution is 7.92. The Balaban J connectivity index is 2.32. The molecule has 0 radical (unpaired) electrons. The zero-order valence-electron chi connectivity index (χ0n) is 10.6. The topological polar surface area (TPSA) is 72.2 Å². The number of anilines is 2. The van der Waals surface area contributed by atoms with Crippen LogP contribution in [0.4, 0.5) is 11.4 Å². The highest BCUT2D eigenvalue weighted by Crippen LogP contribution is 2.21. The molecule has 19 heavy (non-hydrogen) atoms. The van der Waals surface area contributed by atoms with E-state index in [9.17, 15) is 8.42 Å². The van der Waals surface area contributed by atoms with Crippen LogP contribution in [0.15, 0.2) is 53.4 Å². The molecule has 0 heterocycles. The fourth-order valence-electron chi connectivity index (χ4n) is 1.78. The zero-order chi connectivity index (χ0) is 13.9. The molecule has 0 bridgehead atoms. The van der Waals surface area contributed by atoms with Crippen molar-refractivity contribution in [3.05, 3.63) is 54.1 Å². The molecular formula is C14H16N2O2S. The second-order valence-corrected chi connectivity index (χ2v) is 5.87. The number of benzene rings is 2. The summed E-state index contributed by atoms with van der Waals surface area (Å²) < 4.78 is 26.9. The second-order valence-electron chi connectivity index (χ2n) is 4.19. The molecule has 0 aliphatic heterocycles. The van der Waals surface area contributed by atoms with Crippen LogP contribution in [0, 0.1) is 0 Å². The molecule has 2 aromatic carbocycles. The van der Waals surface area contributed by atoms with Crippen LogP contribution in [0.1, 0.15) is 12.5 Å². The largest absolute Gasteiger partial charge is 0.398 e. The van der Waals surface area contributed by atoms with E-state index in [0.717, 1.165) is 12.0 Å². The highest BCUT2D eigenvalue weighted by atomic mass is 32.2. The second kappa shape index (κ2) is 5.32. The molecule has 0 saturated carbocycles. The van der Waals surface area contributed by atoms with E-state index in [1.54, 1.807) is 36.4 Å². The molecule has 0 fully saturated rings. The average Bonchev–Trinajstić information content (AvgIpc) is 2.39. The lowest BCUT2D eigenvalue weighted by molar-refractivity contribution is 0.601. The number of hydrogen-bond donors (Lipinski definition) is 2. The third kappa shape index (κ3) is 3.06. The van der Waals surface area contributed by atoms with Gasteiger partial charge >= 0.3 is 0 Å². The monoisotopic (exact) mass is 276 g/mol. The van der Waals surface area contributed by atoms with Crippen molar-refractivity contribution in [1.82, 2.24) is 0 Å². The lowest BCUT2D eigenvalue weighted by atomic mass is 10.1. The van der Waals surface area contributed by atoms with Gasteiger partial charge in [-0.25, -0.2) is 8.42 Å². The summed E-state index contributed by atoms with van der Waals surface area (Å²) in [5.74, 6) is 0. The van der Waals surface area contributed by atoms with Crippen molar-refractivity contribution < 1.29 is 8.42 Å². The first kappa shape index (κ1) is 13.4. The molecule has 3 N–H and O–H groups in total. The molecular weight excluding hydrogens is 260 g/mol. The van der Waals surface area contributed by atoms with Crippen LogP contribution >= 0.6 is 0 Å². The van der Waals surface area contributed by atoms with Gasteiger partial charge in [0.2, 0.25) is 0 Å². The molecule has 0 aromatic heterocycles. The molecule has 0 amide bonds. The van der Waals surface area contributed by atoms with Gasteiger partial charge in [-0.1, -0.05) is 31.2 Å². The minimum Gasteiger partial charge on any atom is -0.398 e. The van der Waals surface area contributed by atoms with Gasteiger partial charge < -0.3 is 5.73 Å². The Kier molecular flexibility index (Phi) is 3.76. The lowest BCUT2D eigenvalue weighted by Gasteiger charge is -2.10. The number of hydrogen-bond acceptors (Lipinski definition) is 3. The fraction of sp³-hybridized carbons (Fsp3) is 0.143. The van der Waals surface area contributed by atoms with Crippen LogP contribution in [0.5, 0.6) is 0 Å². The molecule has 0 saturated heterocycles. The van der Waals surface area contributed by atoms with Crippen molar-refractivity contribution >= 4 is 21.4 Å². The molecule has 2 aromatic rings. The Morgan fingerprint density at radius 3 is 2.37 bits per heavy atom. The third-order valence-electron chi connectivity index (χ3n) is 2.83. The standard InChI is InChI=1S/C14H16N2O2S/c1-2-11-8-9-13(10-14(11)15)19(17,18)16-12-6-4-3-5-7-12/h3-10,16H,2,15H2,1H3. The van der Waals surface area contributed by atoms with Gasteiger partial charge in [0.25, 0.3) is 10.0 Å². The van der Waals surface area contributed by atoms with Gasteiger partial charge in [-0.3, -0.25) is 4.72 Å². The normalized spacial score (nSPS) is 11.2. The Bertz CT molecular complexity index is 667. The summed E-state index contributed by atoms with van der Waals surface area (Å²) in [6.07, 6.45) is 0.776. The quantitative estimate of drug-likeness (QED) is 0.843. The minimum atomic E-state index is -3.59. The summed E-state index contributed by atoms with van der Waals surface area (Å²) in [7, 11) is -3.59. The first-order chi connectivity index (χ1) is 9.03. The predicted octanol–water partition coefficient (Wildman–Crippen LogP) is 2.63. The van der Waals surface area contributed by atoms with Gasteiger partial charge in [-0.15, -0.1) is 0 Å². The number of para-hydroxylation sites is 1. The Labute approximate surface area is 113 Å². The van der Waals surface area contributed by atoms with Gasteiger partial charge in [0.05, 0.1) is 4.90 Å². The van der Waals surface area contributed by atoms with Gasteiger partial charge in [0.1, 0.15) is 0 Å². The maximum Gasteiger partial charge on any atom is 0.261 e. The number of sulfonamides is 1. The molecule has 4 nitrogen and oxygen atoms in total. The number of rotatable bonds is 4. The Hall–Kier alpha value is -2.01. The molecule has 0 aliphatic rings. The predicted molar refractivity (Wildman–Crippen MR) is 77.5 cm³/mol. The van der Waals surface area contributed by atoms with E-state index in [1.165, 1.54) is 6.07 Å². The lowest BCUT2D eigenvalue weighted by Crippen LogP contribution is -2.13. The summed E-state index contributed by atoms with van der Waals surface area (Å²) >= 11 is 0. The van der Waals surface area contributed by atoms with Crippen LogP contribution in [0.2, 0.25) is 0 Å². The highest BCUT2D eigenvalue weighted by Gasteiger charge is 2.15. The van der Waals surface area contributed by atoms with Crippen molar-refractivity contribution in [2.45, 2.75) is 18.2 Å². The SMILES string of the molecule is CCc1ccc(S(=O)(=O)Nc2ccccc2)cc1N. The van der Waals surface area contributed by atoms with E-state index in [1.807, 2.05) is 13.0 Å². The number of aryl methyl sites for hydroxylation is 1. The van der Waals surface area contributed by atoms with Crippen LogP contribution in [-0.2, 0) is 16.4 Å². The van der Waals surface area contributed by atoms with Crippen molar-refractivity contribution in [1.29, 1.82) is 0 Å². The Morgan fingerprint density at radius 1 is 1.11 bits per heavy atom. The molecule has 5 heteroatoms. The van der Waals surface area contributed by atoms with Crippen LogP contribution in [0.25, 0.3) is 0 Å². The third-order valence-corrected chi connectivity index (χ3v) is 4.21. The fourth-order valence-corrected chi connectivity index (χ4v) is 2.88. The van der Waals surface area contributed by atoms with Gasteiger partial charge in [-0.05, 0) is 36.2 Å². The van der Waals surface area contributed by atoms with Crippen LogP contribution in [0.3, 0.4) is 0 Å². The van der Waals surface area contributed by atoms with E-state index in [2.05, 4.69) is 4.72 Å². The molecule has 0 spiro atoms. The van der Waals surface area contributed by atoms with Gasteiger partial charge in [0, 0.05) is 11.4 Å². The number of nitrogens with two attached hydrogens (primary N) is 1. The number of nitrogen functional groups attached to an aromatic ring is 1. The summed E-state index contributed by atoms with van der Waals surface area (Å²) in [6, 6.07) is 13.6. The maximum atomic E-state index is 12.2. The molecule has 0 atom stereocenters. The first-order valence-corrected chi connectivity index (χ1v) is 7.47. The zero-order valence-corrected chi connectivity index (χ0v) is 11.4. The minimum absolute atomic E-state index is 0.172. The first-order valence-electron chi connectivity index (χ1n) is 5.99. The van der Waals surface area contributed by atoms with Crippen LogP contribution < -0.4 is 10.5 Å². The van der Waals surface area contributed by atoms with E-state index in [4.69, 9.17) is 5.73 Å². The molecule has 0 unspecified atom stereocenters. The summed E-state index contributed by atoms with van der Waals surface area (Å²) in [5, 5.41) is 0. The summed E-state index contributed by atoms with van der Waals surface area (Å²) in [6.45, 7) is 1.97. The van der Waals surface area contributed by atoms with E-state index < -0.39 is 10.0 Å². The Morgan fingerprint density at radius 2 is 1.79 bits per heavy atom. The summed E-state index contributed by atoms with van der Waals surface area (Å²) in [5.41, 5.74) is 7.80. The van der Waals surface area contributed by atoms with Crippen LogP contribution in [-0.4, -0.2) is 8.42 Å². The smallest absolute Gasteiger partial charge is 0.261 e. The van der Waals surface area contributed by atoms with Crippen molar-refractivity contribution in [2.24, 2.45) is 0 Å². The van der Waals surface area contributed by atoms with Gasteiger partial charge in [-0.2, -0.15) is 0 Å². The van der Waals surface area contributed by atoms with E-state index >= 15 is 0 Å². The summed E-state index contributed by atoms with van der Waals surface area (Å²) in [4.78, 5) is 0.172. The average molecular weight is 276 g/mol. The molecule has 0 aliphatic carbocycles. The van der Waals surface area contributed by atoms with Crippen molar-refractivity contribution in [3.8, 4) is 0 Å². The maximum absolute atomic E-state index is 12.2. The van der Waals surface area contributed by atoms with Crippen molar-refractivity contribution in [2.75, 3.05) is 10.5 Å². The van der Waals surface area contributed by atoms with E-state index in [0.29, 0.717) is 11.4 Å². The molecule has 2 rings (SSSR count). The molecule has 100 valence electrons. The number of nitrogens with one attached hydrogen (secondary N) is 1. The van der Waals surface area contributed by atoms with E-state index in [-0.39, 0.29) is 4.90 Å². The van der Waals surface area contributed by atoms with Gasteiger partial charge in [0.15, 0.2) is 0 Å². The van der Waals surface area contributed by atoms with Crippen molar-refractivity contribution in [3.63, 3.8) is 0 Å².